The van der Waals surface area contributed by atoms with Gasteiger partial charge >= 0.3 is 0 Å². The normalized spacial score (nSPS) is 12.0. The van der Waals surface area contributed by atoms with Crippen LogP contribution in [0.15, 0.2) is 158 Å². The van der Waals surface area contributed by atoms with E-state index in [1.165, 1.54) is 74.9 Å². The van der Waals surface area contributed by atoms with Crippen molar-refractivity contribution in [2.24, 2.45) is 0 Å². The second-order valence-electron chi connectivity index (χ2n) is 11.8. The van der Waals surface area contributed by atoms with Crippen molar-refractivity contribution >= 4 is 75.1 Å². The summed E-state index contributed by atoms with van der Waals surface area (Å²) < 4.78 is 7.52. The van der Waals surface area contributed by atoms with Crippen LogP contribution in [0.4, 0.5) is 0 Å². The summed E-state index contributed by atoms with van der Waals surface area (Å²) in [6.07, 6.45) is 0. The van der Waals surface area contributed by atoms with E-state index in [0.29, 0.717) is 0 Å². The Kier molecular flexibility index (Phi) is 5.19. The van der Waals surface area contributed by atoms with Gasteiger partial charge in [0, 0.05) is 53.1 Å². The van der Waals surface area contributed by atoms with Crippen LogP contribution < -0.4 is 0 Å². The maximum absolute atomic E-state index is 2.49. The van der Waals surface area contributed by atoms with E-state index in [-0.39, 0.29) is 0 Å². The number of hydrogen-bond donors (Lipinski definition) is 0. The van der Waals surface area contributed by atoms with Crippen LogP contribution in [-0.4, -0.2) is 9.13 Å². The number of benzene rings is 7. The van der Waals surface area contributed by atoms with E-state index in [4.69, 9.17) is 0 Å². The van der Waals surface area contributed by atoms with Gasteiger partial charge in [0.2, 0.25) is 0 Å². The van der Waals surface area contributed by atoms with E-state index in [1.54, 1.807) is 0 Å². The Morgan fingerprint density at radius 1 is 0.356 bits per heavy atom. The molecule has 0 aliphatic heterocycles. The monoisotopic (exact) mass is 590 g/mol. The van der Waals surface area contributed by atoms with Gasteiger partial charge in [0.25, 0.3) is 0 Å². The highest BCUT2D eigenvalue weighted by Crippen LogP contribution is 2.44. The van der Waals surface area contributed by atoms with Crippen LogP contribution in [0.25, 0.3) is 86.3 Å². The van der Waals surface area contributed by atoms with Crippen molar-refractivity contribution in [3.8, 4) is 22.5 Å². The van der Waals surface area contributed by atoms with E-state index < -0.39 is 0 Å². The highest BCUT2D eigenvalue weighted by atomic mass is 32.1. The molecule has 3 heteroatoms. The minimum absolute atomic E-state index is 1.16. The molecule has 3 aromatic heterocycles. The van der Waals surface area contributed by atoms with Crippen LogP contribution in [0.3, 0.4) is 0 Å². The third-order valence-electron chi connectivity index (χ3n) is 9.30. The van der Waals surface area contributed by atoms with Gasteiger partial charge in [-0.2, -0.15) is 0 Å². The Hall–Kier alpha value is -5.64. The number of rotatable bonds is 3. The summed E-state index contributed by atoms with van der Waals surface area (Å²) in [5.74, 6) is 0. The molecular formula is C42H26N2S. The molecule has 0 saturated carbocycles. The van der Waals surface area contributed by atoms with E-state index in [9.17, 15) is 0 Å². The van der Waals surface area contributed by atoms with E-state index >= 15 is 0 Å². The standard InChI is InChI=1S/C42H26N2S/c1-2-11-27(12-3-1)28-21-23-39-35(25-28)41-40(45-39)24-22-34-33-17-6-9-20-38(33)44(42(34)41)30-14-10-13-29(26-30)43-36-18-7-4-15-31(36)32-16-5-8-19-37(32)43/h1-26H. The highest BCUT2D eigenvalue weighted by molar-refractivity contribution is 7.26. The van der Waals surface area contributed by atoms with Gasteiger partial charge in [-0.1, -0.05) is 103 Å². The van der Waals surface area contributed by atoms with E-state index in [2.05, 4.69) is 167 Å². The maximum atomic E-state index is 2.49. The van der Waals surface area contributed by atoms with Crippen molar-refractivity contribution < 1.29 is 0 Å². The third-order valence-corrected chi connectivity index (χ3v) is 10.4. The molecule has 10 rings (SSSR count). The molecular weight excluding hydrogens is 565 g/mol. The van der Waals surface area contributed by atoms with Gasteiger partial charge in [-0.3, -0.25) is 0 Å². The topological polar surface area (TPSA) is 9.86 Å². The summed E-state index contributed by atoms with van der Waals surface area (Å²) in [6, 6.07) is 57.6. The number of aromatic nitrogens is 2. The summed E-state index contributed by atoms with van der Waals surface area (Å²) in [6.45, 7) is 0. The summed E-state index contributed by atoms with van der Waals surface area (Å²) in [5.41, 5.74) is 9.73. The second-order valence-corrected chi connectivity index (χ2v) is 12.8. The smallest absolute Gasteiger partial charge is 0.0634 e. The molecule has 210 valence electrons. The van der Waals surface area contributed by atoms with Gasteiger partial charge < -0.3 is 9.13 Å². The number of nitrogens with zero attached hydrogens (tertiary/aromatic N) is 2. The van der Waals surface area contributed by atoms with Crippen molar-refractivity contribution in [3.05, 3.63) is 158 Å². The Labute approximate surface area is 263 Å². The number of thiophene rings is 1. The first-order valence-electron chi connectivity index (χ1n) is 15.4. The zero-order valence-corrected chi connectivity index (χ0v) is 25.1. The van der Waals surface area contributed by atoms with Crippen LogP contribution in [0.5, 0.6) is 0 Å². The molecule has 10 aromatic rings. The summed E-state index contributed by atoms with van der Waals surface area (Å²) in [4.78, 5) is 0. The molecule has 45 heavy (non-hydrogen) atoms. The van der Waals surface area contributed by atoms with Crippen LogP contribution in [0.1, 0.15) is 0 Å². The first-order chi connectivity index (χ1) is 22.3. The molecule has 0 saturated heterocycles. The minimum atomic E-state index is 1.16. The Balaban J connectivity index is 1.30. The van der Waals surface area contributed by atoms with Crippen LogP contribution >= 0.6 is 11.3 Å². The van der Waals surface area contributed by atoms with Gasteiger partial charge in [0.15, 0.2) is 0 Å². The lowest BCUT2D eigenvalue weighted by molar-refractivity contribution is 1.14. The quantitative estimate of drug-likeness (QED) is 0.194. The van der Waals surface area contributed by atoms with Gasteiger partial charge in [0.05, 0.1) is 22.1 Å². The van der Waals surface area contributed by atoms with Crippen LogP contribution in [0.2, 0.25) is 0 Å². The molecule has 2 nitrogen and oxygen atoms in total. The summed E-state index contributed by atoms with van der Waals surface area (Å²) in [5, 5.41) is 7.74. The van der Waals surface area contributed by atoms with E-state index in [1.807, 2.05) is 11.3 Å². The van der Waals surface area contributed by atoms with Gasteiger partial charge in [-0.15, -0.1) is 11.3 Å². The lowest BCUT2D eigenvalue weighted by Crippen LogP contribution is -1.98. The predicted molar refractivity (Wildman–Crippen MR) is 193 cm³/mol. The molecule has 0 spiro atoms. The van der Waals surface area contributed by atoms with Crippen LogP contribution in [-0.2, 0) is 0 Å². The van der Waals surface area contributed by atoms with Gasteiger partial charge in [-0.25, -0.2) is 0 Å². The average molecular weight is 591 g/mol. The first-order valence-corrected chi connectivity index (χ1v) is 16.2. The number of para-hydroxylation sites is 3. The molecule has 0 aliphatic carbocycles. The van der Waals surface area contributed by atoms with Crippen LogP contribution in [0, 0.1) is 0 Å². The fourth-order valence-electron chi connectivity index (χ4n) is 7.37. The van der Waals surface area contributed by atoms with Gasteiger partial charge in [0.1, 0.15) is 0 Å². The lowest BCUT2D eigenvalue weighted by atomic mass is 10.0. The molecule has 0 unspecified atom stereocenters. The molecule has 0 fully saturated rings. The fourth-order valence-corrected chi connectivity index (χ4v) is 8.46. The molecule has 0 bridgehead atoms. The largest absolute Gasteiger partial charge is 0.309 e. The molecule has 0 N–H and O–H groups in total. The Morgan fingerprint density at radius 3 is 1.64 bits per heavy atom. The molecule has 0 radical (unpaired) electrons. The van der Waals surface area contributed by atoms with Crippen molar-refractivity contribution in [1.82, 2.24) is 9.13 Å². The lowest BCUT2D eigenvalue weighted by Gasteiger charge is -2.13. The number of fused-ring (bicyclic) bond motifs is 10. The van der Waals surface area contributed by atoms with Gasteiger partial charge in [-0.05, 0) is 65.7 Å². The third kappa shape index (κ3) is 3.56. The predicted octanol–water partition coefficient (Wildman–Crippen LogP) is 11.9. The Bertz CT molecular complexity index is 2710. The first kappa shape index (κ1) is 24.8. The fraction of sp³-hybridized carbons (Fsp3) is 0. The molecule has 0 amide bonds. The minimum Gasteiger partial charge on any atom is -0.309 e. The summed E-state index contributed by atoms with van der Waals surface area (Å²) in [7, 11) is 0. The zero-order valence-electron chi connectivity index (χ0n) is 24.3. The van der Waals surface area contributed by atoms with Crippen molar-refractivity contribution in [1.29, 1.82) is 0 Å². The average Bonchev–Trinajstić information content (AvgIpc) is 3.76. The van der Waals surface area contributed by atoms with Crippen molar-refractivity contribution in [2.45, 2.75) is 0 Å². The molecule has 0 aliphatic rings. The van der Waals surface area contributed by atoms with Crippen molar-refractivity contribution in [3.63, 3.8) is 0 Å². The Morgan fingerprint density at radius 2 is 0.933 bits per heavy atom. The molecule has 7 aromatic carbocycles. The van der Waals surface area contributed by atoms with Crippen molar-refractivity contribution in [2.75, 3.05) is 0 Å². The highest BCUT2D eigenvalue weighted by Gasteiger charge is 2.19. The maximum Gasteiger partial charge on any atom is 0.0634 e. The second kappa shape index (κ2) is 9.43. The SMILES string of the molecule is c1ccc(-c2ccc3sc4ccc5c6ccccc6n(-c6cccc(-n7c8ccccc8c8ccccc87)c6)c5c4c3c2)cc1. The van der Waals surface area contributed by atoms with E-state index in [0.717, 1.165) is 11.4 Å². The zero-order chi connectivity index (χ0) is 29.5. The molecule has 0 atom stereocenters. The number of hydrogen-bond acceptors (Lipinski definition) is 1. The molecule has 3 heterocycles. The summed E-state index contributed by atoms with van der Waals surface area (Å²) >= 11 is 1.88.